The number of benzene rings is 1. The summed E-state index contributed by atoms with van der Waals surface area (Å²) >= 11 is 5.06. The first-order chi connectivity index (χ1) is 9.56. The number of aliphatic carboxylic acids is 1. The van der Waals surface area contributed by atoms with E-state index in [0.29, 0.717) is 6.54 Å². The molecule has 0 spiro atoms. The number of rotatable bonds is 6. The Morgan fingerprint density at radius 3 is 2.85 bits per heavy atom. The molecule has 0 radical (unpaired) electrons. The second kappa shape index (κ2) is 7.02. The first-order valence-electron chi connectivity index (χ1n) is 6.30. The van der Waals surface area contributed by atoms with Gasteiger partial charge in [-0.05, 0) is 35.6 Å². The lowest BCUT2D eigenvalue weighted by atomic mass is 10.1. The maximum absolute atomic E-state index is 11.0. The van der Waals surface area contributed by atoms with Crippen molar-refractivity contribution in [3.63, 3.8) is 0 Å². The molecule has 3 nitrogen and oxygen atoms in total. The molecule has 0 bridgehead atoms. The molecule has 2 rings (SSSR count). The molecule has 5 heteroatoms. The van der Waals surface area contributed by atoms with Crippen LogP contribution in [0.25, 0.3) is 0 Å². The van der Waals surface area contributed by atoms with Gasteiger partial charge in [-0.2, -0.15) is 0 Å². The van der Waals surface area contributed by atoms with E-state index < -0.39 is 5.97 Å². The molecule has 20 heavy (non-hydrogen) atoms. The third-order valence-electron chi connectivity index (χ3n) is 3.04. The maximum atomic E-state index is 11.0. The van der Waals surface area contributed by atoms with Crippen LogP contribution in [0.4, 0.5) is 0 Å². The minimum Gasteiger partial charge on any atom is -0.481 e. The fourth-order valence-electron chi connectivity index (χ4n) is 2.00. The molecular weight excluding hydrogens is 338 g/mol. The number of nitrogens with one attached hydrogen (secondary N) is 1. The lowest BCUT2D eigenvalue weighted by molar-refractivity contribution is -0.137. The highest BCUT2D eigenvalue weighted by atomic mass is 79.9. The monoisotopic (exact) mass is 353 g/mol. The molecule has 1 heterocycles. The first-order valence-corrected chi connectivity index (χ1v) is 7.97. The summed E-state index contributed by atoms with van der Waals surface area (Å²) < 4.78 is 1.08. The summed E-state index contributed by atoms with van der Waals surface area (Å²) in [5.74, 6) is -0.789. The molecule has 0 fully saturated rings. The van der Waals surface area contributed by atoms with Crippen molar-refractivity contribution in [1.82, 2.24) is 5.32 Å². The van der Waals surface area contributed by atoms with E-state index in [1.807, 2.05) is 36.6 Å². The predicted octanol–water partition coefficient (Wildman–Crippen LogP) is 4.12. The van der Waals surface area contributed by atoms with Gasteiger partial charge in [-0.1, -0.05) is 34.1 Å². The van der Waals surface area contributed by atoms with Crippen molar-refractivity contribution in [2.24, 2.45) is 0 Å². The average molecular weight is 354 g/mol. The van der Waals surface area contributed by atoms with E-state index >= 15 is 0 Å². The maximum Gasteiger partial charge on any atom is 0.305 e. The standard InChI is InChI=1S/C15H16BrNO2S/c1-10-7-11(4-5-12(10)16)9-17-13(8-15(18)19)14-3-2-6-20-14/h2-7,13,17H,8-9H2,1H3,(H,18,19). The molecule has 0 amide bonds. The third-order valence-corrected chi connectivity index (χ3v) is 4.92. The van der Waals surface area contributed by atoms with Crippen LogP contribution in [0.5, 0.6) is 0 Å². The summed E-state index contributed by atoms with van der Waals surface area (Å²) in [6, 6.07) is 9.93. The second-order valence-corrected chi connectivity index (χ2v) is 6.46. The smallest absolute Gasteiger partial charge is 0.305 e. The highest BCUT2D eigenvalue weighted by Gasteiger charge is 2.16. The predicted molar refractivity (Wildman–Crippen MR) is 85.0 cm³/mol. The van der Waals surface area contributed by atoms with E-state index in [0.717, 1.165) is 14.9 Å². The Morgan fingerprint density at radius 1 is 1.45 bits per heavy atom. The van der Waals surface area contributed by atoms with Crippen LogP contribution >= 0.6 is 27.3 Å². The van der Waals surface area contributed by atoms with E-state index in [1.165, 1.54) is 5.56 Å². The molecule has 1 atom stereocenters. The van der Waals surface area contributed by atoms with Gasteiger partial charge in [0.2, 0.25) is 0 Å². The number of carboxylic acids is 1. The summed E-state index contributed by atoms with van der Waals surface area (Å²) in [4.78, 5) is 12.0. The molecule has 0 aliphatic rings. The van der Waals surface area contributed by atoms with Gasteiger partial charge in [-0.3, -0.25) is 4.79 Å². The number of carbonyl (C=O) groups is 1. The summed E-state index contributed by atoms with van der Waals surface area (Å²) in [7, 11) is 0. The van der Waals surface area contributed by atoms with E-state index in [1.54, 1.807) is 11.3 Å². The largest absolute Gasteiger partial charge is 0.481 e. The van der Waals surface area contributed by atoms with Crippen molar-refractivity contribution in [1.29, 1.82) is 0 Å². The lowest BCUT2D eigenvalue weighted by Gasteiger charge is -2.16. The Balaban J connectivity index is 2.04. The van der Waals surface area contributed by atoms with Gasteiger partial charge < -0.3 is 10.4 Å². The number of hydrogen-bond acceptors (Lipinski definition) is 3. The van der Waals surface area contributed by atoms with Crippen molar-refractivity contribution < 1.29 is 9.90 Å². The Hall–Kier alpha value is -1.17. The molecule has 0 aliphatic carbocycles. The van der Waals surface area contributed by atoms with Gasteiger partial charge in [0.25, 0.3) is 0 Å². The van der Waals surface area contributed by atoms with E-state index in [2.05, 4.69) is 27.3 Å². The van der Waals surface area contributed by atoms with Crippen LogP contribution in [0, 0.1) is 6.92 Å². The fourth-order valence-corrected chi connectivity index (χ4v) is 3.04. The summed E-state index contributed by atoms with van der Waals surface area (Å²) in [6.07, 6.45) is 0.0933. The molecule has 106 valence electrons. The van der Waals surface area contributed by atoms with Gasteiger partial charge in [0.1, 0.15) is 0 Å². The first kappa shape index (κ1) is 15.2. The van der Waals surface area contributed by atoms with Gasteiger partial charge in [0.15, 0.2) is 0 Å². The highest BCUT2D eigenvalue weighted by molar-refractivity contribution is 9.10. The van der Waals surface area contributed by atoms with Crippen LogP contribution < -0.4 is 5.32 Å². The summed E-state index contributed by atoms with van der Waals surface area (Å²) in [5.41, 5.74) is 2.33. The number of aryl methyl sites for hydroxylation is 1. The van der Waals surface area contributed by atoms with Crippen LogP contribution in [-0.4, -0.2) is 11.1 Å². The third kappa shape index (κ3) is 4.16. The zero-order chi connectivity index (χ0) is 14.5. The van der Waals surface area contributed by atoms with Gasteiger partial charge in [-0.25, -0.2) is 0 Å². The number of hydrogen-bond donors (Lipinski definition) is 2. The van der Waals surface area contributed by atoms with Crippen molar-refractivity contribution in [2.45, 2.75) is 25.9 Å². The Kier molecular flexibility index (Phi) is 5.34. The number of carboxylic acid groups (broad SMARTS) is 1. The van der Waals surface area contributed by atoms with Crippen molar-refractivity contribution in [2.75, 3.05) is 0 Å². The molecule has 0 saturated carbocycles. The molecule has 0 aliphatic heterocycles. The van der Waals surface area contributed by atoms with Gasteiger partial charge in [0.05, 0.1) is 12.5 Å². The molecular formula is C15H16BrNO2S. The van der Waals surface area contributed by atoms with E-state index in [-0.39, 0.29) is 12.5 Å². The van der Waals surface area contributed by atoms with Crippen molar-refractivity contribution >= 4 is 33.2 Å². The quantitative estimate of drug-likeness (QED) is 0.820. The zero-order valence-electron chi connectivity index (χ0n) is 11.1. The van der Waals surface area contributed by atoms with Crippen LogP contribution in [0.1, 0.15) is 28.5 Å². The van der Waals surface area contributed by atoms with Crippen molar-refractivity contribution in [3.8, 4) is 0 Å². The summed E-state index contributed by atoms with van der Waals surface area (Å²) in [5, 5.41) is 14.3. The van der Waals surface area contributed by atoms with Crippen LogP contribution in [0.15, 0.2) is 40.2 Å². The Bertz CT molecular complexity index is 584. The van der Waals surface area contributed by atoms with E-state index in [4.69, 9.17) is 5.11 Å². The normalized spacial score (nSPS) is 12.3. The molecule has 1 aromatic carbocycles. The summed E-state index contributed by atoms with van der Waals surface area (Å²) in [6.45, 7) is 2.70. The SMILES string of the molecule is Cc1cc(CNC(CC(=O)O)c2cccs2)ccc1Br. The molecule has 0 saturated heterocycles. The van der Waals surface area contributed by atoms with Crippen LogP contribution in [0.2, 0.25) is 0 Å². The highest BCUT2D eigenvalue weighted by Crippen LogP contribution is 2.23. The molecule has 2 aromatic rings. The Morgan fingerprint density at radius 2 is 2.25 bits per heavy atom. The minimum atomic E-state index is -0.789. The zero-order valence-corrected chi connectivity index (χ0v) is 13.5. The molecule has 2 N–H and O–H groups in total. The van der Waals surface area contributed by atoms with Gasteiger partial charge >= 0.3 is 5.97 Å². The Labute approximate surface area is 130 Å². The molecule has 1 aromatic heterocycles. The van der Waals surface area contributed by atoms with Gasteiger partial charge in [-0.15, -0.1) is 11.3 Å². The lowest BCUT2D eigenvalue weighted by Crippen LogP contribution is -2.22. The van der Waals surface area contributed by atoms with Gasteiger partial charge in [0, 0.05) is 15.9 Å². The average Bonchev–Trinajstić information content (AvgIpc) is 2.92. The number of thiophene rings is 1. The van der Waals surface area contributed by atoms with Crippen LogP contribution in [-0.2, 0) is 11.3 Å². The van der Waals surface area contributed by atoms with Crippen LogP contribution in [0.3, 0.4) is 0 Å². The number of halogens is 1. The molecule has 1 unspecified atom stereocenters. The second-order valence-electron chi connectivity index (χ2n) is 4.63. The fraction of sp³-hybridized carbons (Fsp3) is 0.267. The topological polar surface area (TPSA) is 49.3 Å². The van der Waals surface area contributed by atoms with Crippen molar-refractivity contribution in [3.05, 3.63) is 56.2 Å². The minimum absolute atomic E-state index is 0.0933. The van der Waals surface area contributed by atoms with E-state index in [9.17, 15) is 4.79 Å².